The first-order valence-electron chi connectivity index (χ1n) is 12.8. The van der Waals surface area contributed by atoms with Crippen molar-refractivity contribution < 1.29 is 4.79 Å². The van der Waals surface area contributed by atoms with Gasteiger partial charge in [0, 0.05) is 49.5 Å². The second-order valence-electron chi connectivity index (χ2n) is 9.50. The van der Waals surface area contributed by atoms with Crippen LogP contribution in [0.2, 0.25) is 0 Å². The Morgan fingerprint density at radius 1 is 0.892 bits per heavy atom. The Kier molecular flexibility index (Phi) is 7.41. The highest BCUT2D eigenvalue weighted by atomic mass is 16.2. The fourth-order valence-corrected chi connectivity index (χ4v) is 5.04. The summed E-state index contributed by atoms with van der Waals surface area (Å²) in [5.41, 5.74) is 6.44. The van der Waals surface area contributed by atoms with Crippen molar-refractivity contribution in [2.45, 2.75) is 32.7 Å². The Morgan fingerprint density at radius 2 is 1.59 bits per heavy atom. The van der Waals surface area contributed by atoms with Gasteiger partial charge in [-0.1, -0.05) is 66.7 Å². The Morgan fingerprint density at radius 3 is 2.27 bits per heavy atom. The van der Waals surface area contributed by atoms with Gasteiger partial charge in [-0.05, 0) is 60.6 Å². The Balaban J connectivity index is 1.50. The molecule has 0 aliphatic carbocycles. The molecule has 4 aromatic rings. The monoisotopic (exact) mass is 489 g/mol. The molecule has 0 N–H and O–H groups in total. The van der Waals surface area contributed by atoms with Crippen molar-refractivity contribution in [3.8, 4) is 0 Å². The number of aryl methyl sites for hydroxylation is 2. The molecule has 5 rings (SSSR count). The summed E-state index contributed by atoms with van der Waals surface area (Å²) in [7, 11) is 0. The van der Waals surface area contributed by atoms with E-state index in [9.17, 15) is 9.59 Å². The maximum Gasteiger partial charge on any atom is 0.259 e. The van der Waals surface area contributed by atoms with Crippen LogP contribution in [-0.4, -0.2) is 33.4 Å². The molecule has 1 aliphatic heterocycles. The lowest BCUT2D eigenvalue weighted by atomic mass is 9.98. The van der Waals surface area contributed by atoms with Crippen LogP contribution in [-0.2, 0) is 19.4 Å². The number of benzene rings is 2. The SMILES string of the molecule is Cc1cc(=O)c(C(=O)N2CC=C(c3ccccc3)CC2)c(CCc2ccccc2)n1Cc1ccncc1. The summed E-state index contributed by atoms with van der Waals surface area (Å²) >= 11 is 0. The second-order valence-corrected chi connectivity index (χ2v) is 9.50. The van der Waals surface area contributed by atoms with E-state index in [1.807, 2.05) is 55.5 Å². The van der Waals surface area contributed by atoms with Crippen LogP contribution in [0.3, 0.4) is 0 Å². The molecule has 5 heteroatoms. The molecular formula is C32H31N3O2. The predicted molar refractivity (Wildman–Crippen MR) is 148 cm³/mol. The van der Waals surface area contributed by atoms with Gasteiger partial charge in [-0.25, -0.2) is 0 Å². The molecule has 0 radical (unpaired) electrons. The zero-order valence-corrected chi connectivity index (χ0v) is 21.1. The molecule has 1 aliphatic rings. The summed E-state index contributed by atoms with van der Waals surface area (Å²) in [6.45, 7) is 3.62. The van der Waals surface area contributed by atoms with Crippen molar-refractivity contribution in [3.05, 3.63) is 141 Å². The summed E-state index contributed by atoms with van der Waals surface area (Å²) < 4.78 is 2.13. The van der Waals surface area contributed by atoms with Crippen LogP contribution >= 0.6 is 0 Å². The van der Waals surface area contributed by atoms with Gasteiger partial charge in [0.2, 0.25) is 0 Å². The van der Waals surface area contributed by atoms with Crippen LogP contribution < -0.4 is 5.43 Å². The fraction of sp³-hybridized carbons (Fsp3) is 0.219. The van der Waals surface area contributed by atoms with Crippen molar-refractivity contribution >= 4 is 11.5 Å². The molecule has 186 valence electrons. The Labute approximate surface area is 217 Å². The lowest BCUT2D eigenvalue weighted by Crippen LogP contribution is -2.39. The number of carbonyl (C=O) groups excluding carboxylic acids is 1. The van der Waals surface area contributed by atoms with E-state index in [2.05, 4.69) is 39.9 Å². The molecule has 0 bridgehead atoms. The number of aromatic nitrogens is 2. The quantitative estimate of drug-likeness (QED) is 0.353. The van der Waals surface area contributed by atoms with Gasteiger partial charge < -0.3 is 9.47 Å². The van der Waals surface area contributed by atoms with Gasteiger partial charge in [-0.15, -0.1) is 0 Å². The summed E-state index contributed by atoms with van der Waals surface area (Å²) in [5, 5.41) is 0. The minimum Gasteiger partial charge on any atom is -0.343 e. The standard InChI is InChI=1S/C32H31N3O2/c1-24-22-30(36)31(32(37)34-20-16-28(17-21-34)27-10-6-3-7-11-27)29(13-12-25-8-4-2-5-9-25)35(24)23-26-14-18-33-19-15-26/h2-11,14-16,18-19,22H,12-13,17,20-21,23H2,1H3. The van der Waals surface area contributed by atoms with Crippen molar-refractivity contribution in [1.29, 1.82) is 0 Å². The normalized spacial score (nSPS) is 13.3. The fourth-order valence-electron chi connectivity index (χ4n) is 5.04. The van der Waals surface area contributed by atoms with E-state index in [0.717, 1.165) is 29.8 Å². The van der Waals surface area contributed by atoms with Gasteiger partial charge in [0.1, 0.15) is 5.56 Å². The van der Waals surface area contributed by atoms with Crippen LogP contribution in [0.4, 0.5) is 0 Å². The van der Waals surface area contributed by atoms with Crippen molar-refractivity contribution in [1.82, 2.24) is 14.5 Å². The summed E-state index contributed by atoms with van der Waals surface area (Å²) in [5.74, 6) is -0.181. The van der Waals surface area contributed by atoms with Crippen molar-refractivity contribution in [2.24, 2.45) is 0 Å². The number of hydrogen-bond acceptors (Lipinski definition) is 3. The lowest BCUT2D eigenvalue weighted by molar-refractivity contribution is 0.0769. The first-order chi connectivity index (χ1) is 18.1. The van der Waals surface area contributed by atoms with Crippen LogP contribution in [0.1, 0.15) is 44.9 Å². The van der Waals surface area contributed by atoms with Gasteiger partial charge in [0.25, 0.3) is 5.91 Å². The van der Waals surface area contributed by atoms with E-state index in [1.54, 1.807) is 23.4 Å². The lowest BCUT2D eigenvalue weighted by Gasteiger charge is -2.28. The van der Waals surface area contributed by atoms with E-state index < -0.39 is 0 Å². The third-order valence-electron chi connectivity index (χ3n) is 7.06. The number of rotatable bonds is 7. The summed E-state index contributed by atoms with van der Waals surface area (Å²) in [6, 6.07) is 26.0. The third-order valence-corrected chi connectivity index (χ3v) is 7.06. The molecule has 1 amide bonds. The molecule has 2 aromatic carbocycles. The highest BCUT2D eigenvalue weighted by molar-refractivity contribution is 5.96. The van der Waals surface area contributed by atoms with E-state index in [0.29, 0.717) is 31.6 Å². The molecule has 0 saturated heterocycles. The molecular weight excluding hydrogens is 458 g/mol. The highest BCUT2D eigenvalue weighted by Crippen LogP contribution is 2.24. The molecule has 37 heavy (non-hydrogen) atoms. The number of amides is 1. The van der Waals surface area contributed by atoms with Crippen LogP contribution in [0.15, 0.2) is 102 Å². The molecule has 0 spiro atoms. The predicted octanol–water partition coefficient (Wildman–Crippen LogP) is 5.31. The van der Waals surface area contributed by atoms with E-state index in [-0.39, 0.29) is 11.3 Å². The smallest absolute Gasteiger partial charge is 0.259 e. The zero-order valence-electron chi connectivity index (χ0n) is 21.1. The Bertz CT molecular complexity index is 1460. The largest absolute Gasteiger partial charge is 0.343 e. The molecule has 0 fully saturated rings. The van der Waals surface area contributed by atoms with E-state index in [4.69, 9.17) is 0 Å². The van der Waals surface area contributed by atoms with Crippen molar-refractivity contribution in [3.63, 3.8) is 0 Å². The average molecular weight is 490 g/mol. The number of hydrogen-bond donors (Lipinski definition) is 0. The first-order valence-corrected chi connectivity index (χ1v) is 12.8. The van der Waals surface area contributed by atoms with Gasteiger partial charge in [0.15, 0.2) is 5.43 Å². The van der Waals surface area contributed by atoms with Gasteiger partial charge in [-0.2, -0.15) is 0 Å². The number of nitrogens with zero attached hydrogens (tertiary/aromatic N) is 3. The second kappa shape index (κ2) is 11.2. The summed E-state index contributed by atoms with van der Waals surface area (Å²) in [6.07, 6.45) is 7.78. The van der Waals surface area contributed by atoms with Crippen molar-refractivity contribution in [2.75, 3.05) is 13.1 Å². The van der Waals surface area contributed by atoms with Gasteiger partial charge in [-0.3, -0.25) is 14.6 Å². The van der Waals surface area contributed by atoms with E-state index >= 15 is 0 Å². The number of carbonyl (C=O) groups is 1. The minimum atomic E-state index is -0.200. The summed E-state index contributed by atoms with van der Waals surface area (Å²) in [4.78, 5) is 33.2. The van der Waals surface area contributed by atoms with Crippen LogP contribution in [0.25, 0.3) is 5.57 Å². The van der Waals surface area contributed by atoms with Crippen LogP contribution in [0.5, 0.6) is 0 Å². The molecule has 0 saturated carbocycles. The molecule has 0 atom stereocenters. The topological polar surface area (TPSA) is 55.2 Å². The van der Waals surface area contributed by atoms with E-state index in [1.165, 1.54) is 16.7 Å². The third kappa shape index (κ3) is 5.61. The molecule has 0 unspecified atom stereocenters. The first kappa shape index (κ1) is 24.4. The molecule has 5 nitrogen and oxygen atoms in total. The Hall–Kier alpha value is -4.25. The van der Waals surface area contributed by atoms with Gasteiger partial charge in [0.05, 0.1) is 0 Å². The highest BCUT2D eigenvalue weighted by Gasteiger charge is 2.26. The maximum absolute atomic E-state index is 13.9. The van der Waals surface area contributed by atoms with Gasteiger partial charge >= 0.3 is 0 Å². The maximum atomic E-state index is 13.9. The minimum absolute atomic E-state index is 0.181. The average Bonchev–Trinajstić information content (AvgIpc) is 2.95. The van der Waals surface area contributed by atoms with Crippen LogP contribution in [0, 0.1) is 6.92 Å². The molecule has 2 aromatic heterocycles. The number of pyridine rings is 2. The molecule has 3 heterocycles. The zero-order chi connectivity index (χ0) is 25.6.